The summed E-state index contributed by atoms with van der Waals surface area (Å²) in [6.07, 6.45) is 10.4. The molecule has 2 aliphatic rings. The van der Waals surface area contributed by atoms with E-state index in [2.05, 4.69) is 25.0 Å². The summed E-state index contributed by atoms with van der Waals surface area (Å²) >= 11 is 5.77. The lowest BCUT2D eigenvalue weighted by atomic mass is 9.60. The minimum Gasteiger partial charge on any atom is -0.401 e. The van der Waals surface area contributed by atoms with Crippen LogP contribution in [0, 0.1) is 19.7 Å². The van der Waals surface area contributed by atoms with E-state index in [0.29, 0.717) is 33.9 Å². The molecule has 1 aliphatic carbocycles. The average Bonchev–Trinajstić information content (AvgIpc) is 3.54. The highest BCUT2D eigenvalue weighted by atomic mass is 35.5. The molecule has 1 saturated heterocycles. The Kier molecular flexibility index (Phi) is 8.65. The highest BCUT2D eigenvalue weighted by Gasteiger charge is 2.24. The second kappa shape index (κ2) is 11.7. The summed E-state index contributed by atoms with van der Waals surface area (Å²) in [6.45, 7) is 3.70. The van der Waals surface area contributed by atoms with Gasteiger partial charge in [0.15, 0.2) is 5.65 Å². The van der Waals surface area contributed by atoms with Crippen molar-refractivity contribution < 1.29 is 9.13 Å². The second-order valence-electron chi connectivity index (χ2n) is 9.13. The normalized spacial score (nSPS) is 18.3. The molecule has 6 rings (SSSR count). The molecular weight excluding hydrogens is 487 g/mol. The Labute approximate surface area is 224 Å². The van der Waals surface area contributed by atoms with Gasteiger partial charge in [-0.05, 0) is 69.2 Å². The predicted molar refractivity (Wildman–Crippen MR) is 144 cm³/mol. The van der Waals surface area contributed by atoms with Gasteiger partial charge in [-0.3, -0.25) is 4.68 Å². The van der Waals surface area contributed by atoms with Crippen molar-refractivity contribution in [1.29, 1.82) is 0 Å². The maximum absolute atomic E-state index is 14.1. The van der Waals surface area contributed by atoms with Crippen molar-refractivity contribution in [2.45, 2.75) is 63.4 Å². The van der Waals surface area contributed by atoms with E-state index in [4.69, 9.17) is 39.9 Å². The van der Waals surface area contributed by atoms with Gasteiger partial charge in [-0.15, -0.1) is 0 Å². The van der Waals surface area contributed by atoms with Crippen LogP contribution in [0.2, 0.25) is 5.02 Å². The first-order valence-corrected chi connectivity index (χ1v) is 12.4. The first-order valence-electron chi connectivity index (χ1n) is 12.0. The number of aryl methyl sites for hydroxylation is 2. The van der Waals surface area contributed by atoms with Crippen LogP contribution in [0.15, 0.2) is 43.0 Å². The van der Waals surface area contributed by atoms with Gasteiger partial charge in [-0.25, -0.2) is 24.3 Å². The molecule has 7 nitrogen and oxygen atoms in total. The molecule has 4 aromatic rings. The van der Waals surface area contributed by atoms with Gasteiger partial charge < -0.3 is 4.74 Å². The number of ether oxygens (including phenoxy) is 1. The molecule has 2 fully saturated rings. The van der Waals surface area contributed by atoms with E-state index in [1.165, 1.54) is 25.2 Å². The van der Waals surface area contributed by atoms with Crippen molar-refractivity contribution >= 4 is 46.3 Å². The molecule has 0 bridgehead atoms. The summed E-state index contributed by atoms with van der Waals surface area (Å²) in [4.78, 5) is 17.0. The van der Waals surface area contributed by atoms with Crippen LogP contribution in [-0.2, 0) is 4.74 Å². The molecule has 37 heavy (non-hydrogen) atoms. The molecule has 1 saturated carbocycles. The minimum atomic E-state index is -0.975. The van der Waals surface area contributed by atoms with E-state index in [-0.39, 0.29) is 6.00 Å². The van der Waals surface area contributed by atoms with Gasteiger partial charge >= 0.3 is 0 Å². The molecule has 184 valence electrons. The standard InChI is InChI=1S/C14H10ClFN4.C6H8N2.C5H7B3O/c1-7-8(2)20-14-13(19-7)12(17-6-18-14)10-4-3-9(15)5-11(10)16;1-4-7-8(5-1)6-2-3-6;6-4-2-1-3-5(7,8)9-4/h3-6H,1-2H3;1,4-6H,2-3H2;4H,1-3H2. The van der Waals surface area contributed by atoms with Gasteiger partial charge in [0.2, 0.25) is 0 Å². The molecule has 1 atom stereocenters. The third kappa shape index (κ3) is 7.39. The van der Waals surface area contributed by atoms with Gasteiger partial charge in [0.1, 0.15) is 31.2 Å². The zero-order chi connectivity index (χ0) is 26.6. The van der Waals surface area contributed by atoms with Crippen LogP contribution >= 0.6 is 11.6 Å². The highest BCUT2D eigenvalue weighted by Crippen LogP contribution is 2.33. The summed E-state index contributed by atoms with van der Waals surface area (Å²) in [5, 5.41) is 3.46. The Bertz CT molecular complexity index is 1350. The summed E-state index contributed by atoms with van der Waals surface area (Å²) in [7, 11) is 16.3. The number of rotatable bonds is 2. The van der Waals surface area contributed by atoms with Gasteiger partial charge in [-0.1, -0.05) is 18.0 Å². The van der Waals surface area contributed by atoms with Gasteiger partial charge in [0.05, 0.1) is 33.1 Å². The van der Waals surface area contributed by atoms with E-state index < -0.39 is 11.2 Å². The van der Waals surface area contributed by atoms with E-state index in [9.17, 15) is 4.39 Å². The Balaban J connectivity index is 0.000000154. The number of hydrogen-bond acceptors (Lipinski definition) is 6. The van der Waals surface area contributed by atoms with Crippen LogP contribution < -0.4 is 0 Å². The van der Waals surface area contributed by atoms with Gasteiger partial charge in [0, 0.05) is 29.0 Å². The highest BCUT2D eigenvalue weighted by molar-refractivity contribution is 6.39. The average molecular weight is 512 g/mol. The van der Waals surface area contributed by atoms with Gasteiger partial charge in [0.25, 0.3) is 0 Å². The lowest BCUT2D eigenvalue weighted by molar-refractivity contribution is 0.0123. The zero-order valence-corrected chi connectivity index (χ0v) is 21.6. The fourth-order valence-electron chi connectivity index (χ4n) is 3.74. The maximum Gasteiger partial charge on any atom is 0.182 e. The maximum atomic E-state index is 14.1. The molecular formula is C25H25B3ClFN6O. The van der Waals surface area contributed by atoms with Crippen LogP contribution in [0.25, 0.3) is 22.4 Å². The monoisotopic (exact) mass is 512 g/mol. The molecule has 0 N–H and O–H groups in total. The van der Waals surface area contributed by atoms with Crippen LogP contribution in [0.1, 0.15) is 49.5 Å². The third-order valence-corrected chi connectivity index (χ3v) is 6.17. The molecule has 1 aromatic carbocycles. The molecule has 0 spiro atoms. The summed E-state index contributed by atoms with van der Waals surface area (Å²) in [6, 6.07) is 6.88. The summed E-state index contributed by atoms with van der Waals surface area (Å²) in [5.41, 5.74) is 3.24. The molecule has 6 radical (unpaired) electrons. The Morgan fingerprint density at radius 3 is 2.46 bits per heavy atom. The SMILES string of the molecule is Cc1nc2ncnc(-c3ccc(Cl)cc3F)c2nc1C.[B]C1CCCC([B])([B])O1.c1cnn(C2CC2)c1. The van der Waals surface area contributed by atoms with Crippen molar-refractivity contribution in [2.24, 2.45) is 0 Å². The van der Waals surface area contributed by atoms with E-state index in [0.717, 1.165) is 30.3 Å². The lowest BCUT2D eigenvalue weighted by Crippen LogP contribution is -2.41. The number of nitrogens with zero attached hydrogens (tertiary/aromatic N) is 6. The smallest absolute Gasteiger partial charge is 0.182 e. The van der Waals surface area contributed by atoms with Crippen molar-refractivity contribution in [2.75, 3.05) is 0 Å². The molecule has 0 amide bonds. The van der Waals surface area contributed by atoms with Crippen LogP contribution in [0.4, 0.5) is 4.39 Å². The molecule has 4 heterocycles. The summed E-state index contributed by atoms with van der Waals surface area (Å²) < 4.78 is 21.1. The van der Waals surface area contributed by atoms with E-state index >= 15 is 0 Å². The van der Waals surface area contributed by atoms with Crippen molar-refractivity contribution in [3.63, 3.8) is 0 Å². The number of hydrogen-bond donors (Lipinski definition) is 0. The third-order valence-electron chi connectivity index (χ3n) is 5.94. The number of halogens is 2. The predicted octanol–water partition coefficient (Wildman–Crippen LogP) is 4.39. The quantitative estimate of drug-likeness (QED) is 0.371. The fourth-order valence-corrected chi connectivity index (χ4v) is 3.89. The first-order chi connectivity index (χ1) is 17.6. The Morgan fingerprint density at radius 2 is 1.86 bits per heavy atom. The number of benzene rings is 1. The topological polar surface area (TPSA) is 78.6 Å². The van der Waals surface area contributed by atoms with E-state index in [1.807, 2.05) is 37.0 Å². The van der Waals surface area contributed by atoms with Crippen LogP contribution in [0.5, 0.6) is 0 Å². The molecule has 12 heteroatoms. The Hall–Kier alpha value is -2.78. The van der Waals surface area contributed by atoms with Gasteiger partial charge in [-0.2, -0.15) is 5.10 Å². The first kappa shape index (κ1) is 27.3. The Morgan fingerprint density at radius 1 is 1.11 bits per heavy atom. The second-order valence-corrected chi connectivity index (χ2v) is 9.57. The fraction of sp³-hybridized carbons (Fsp3) is 0.400. The molecule has 1 unspecified atom stereocenters. The lowest BCUT2D eigenvalue weighted by Gasteiger charge is -2.35. The molecule has 3 aromatic heterocycles. The number of aromatic nitrogens is 6. The largest absolute Gasteiger partial charge is 0.401 e. The van der Waals surface area contributed by atoms with E-state index in [1.54, 1.807) is 12.1 Å². The number of fused-ring (bicyclic) bond motifs is 1. The van der Waals surface area contributed by atoms with Crippen molar-refractivity contribution in [3.8, 4) is 11.3 Å². The van der Waals surface area contributed by atoms with Crippen molar-refractivity contribution in [1.82, 2.24) is 29.7 Å². The van der Waals surface area contributed by atoms with Crippen molar-refractivity contribution in [3.05, 3.63) is 65.2 Å². The molecule has 1 aliphatic heterocycles. The zero-order valence-electron chi connectivity index (χ0n) is 20.8. The van der Waals surface area contributed by atoms with Crippen LogP contribution in [0.3, 0.4) is 0 Å². The van der Waals surface area contributed by atoms with Crippen LogP contribution in [-0.4, -0.2) is 64.7 Å². The summed E-state index contributed by atoms with van der Waals surface area (Å²) in [5.74, 6) is -0.447. The minimum absolute atomic E-state index is 0.270.